The van der Waals surface area contributed by atoms with E-state index in [0.717, 1.165) is 16.5 Å². The molecule has 2 aromatic heterocycles. The minimum Gasteiger partial charge on any atom is -0.254 e. The van der Waals surface area contributed by atoms with Gasteiger partial charge in [0.2, 0.25) is 0 Å². The van der Waals surface area contributed by atoms with Gasteiger partial charge in [-0.15, -0.1) is 0 Å². The highest BCUT2D eigenvalue weighted by Gasteiger charge is 1.92. The third-order valence-electron chi connectivity index (χ3n) is 1.53. The summed E-state index contributed by atoms with van der Waals surface area (Å²) in [6.07, 6.45) is 5.20. The van der Waals surface area contributed by atoms with Gasteiger partial charge in [0, 0.05) is 11.6 Å². The molecule has 0 spiro atoms. The van der Waals surface area contributed by atoms with Crippen LogP contribution in [-0.4, -0.2) is 15.2 Å². The van der Waals surface area contributed by atoms with E-state index in [1.54, 1.807) is 12.4 Å². The molecular formula is C8H7N3. The molecule has 0 aliphatic heterocycles. The number of nitrogens with zero attached hydrogens (tertiary/aromatic N) is 3. The number of pyridine rings is 1. The average Bonchev–Trinajstić information content (AvgIpc) is 2.04. The summed E-state index contributed by atoms with van der Waals surface area (Å²) in [7, 11) is 0. The van der Waals surface area contributed by atoms with Crippen LogP contribution in [0, 0.1) is 6.92 Å². The molecule has 3 nitrogen and oxygen atoms in total. The minimum absolute atomic E-state index is 0.894. The maximum Gasteiger partial charge on any atom is 0.0919 e. The van der Waals surface area contributed by atoms with Gasteiger partial charge >= 0.3 is 0 Å². The molecule has 0 saturated carbocycles. The summed E-state index contributed by atoms with van der Waals surface area (Å²) in [6, 6.07) is 2.04. The fourth-order valence-corrected chi connectivity index (χ4v) is 0.997. The SMILES string of the molecule is Cc1cnc2cnncc2c1. The van der Waals surface area contributed by atoms with E-state index in [9.17, 15) is 0 Å². The van der Waals surface area contributed by atoms with E-state index >= 15 is 0 Å². The molecule has 0 aromatic carbocycles. The van der Waals surface area contributed by atoms with Gasteiger partial charge in [0.05, 0.1) is 17.9 Å². The second-order valence-electron chi connectivity index (χ2n) is 2.48. The molecule has 0 aliphatic carbocycles. The van der Waals surface area contributed by atoms with E-state index < -0.39 is 0 Å². The first kappa shape index (κ1) is 6.22. The quantitative estimate of drug-likeness (QED) is 0.561. The predicted molar refractivity (Wildman–Crippen MR) is 42.1 cm³/mol. The molecule has 3 heteroatoms. The number of aryl methyl sites for hydroxylation is 1. The van der Waals surface area contributed by atoms with Crippen molar-refractivity contribution < 1.29 is 0 Å². The zero-order valence-electron chi connectivity index (χ0n) is 6.15. The molecule has 0 bridgehead atoms. The Labute approximate surface area is 64.1 Å². The first-order chi connectivity index (χ1) is 5.36. The van der Waals surface area contributed by atoms with E-state index in [4.69, 9.17) is 0 Å². The Hall–Kier alpha value is -1.51. The highest BCUT2D eigenvalue weighted by atomic mass is 15.1. The Morgan fingerprint density at radius 3 is 2.82 bits per heavy atom. The van der Waals surface area contributed by atoms with Gasteiger partial charge in [-0.25, -0.2) is 0 Å². The van der Waals surface area contributed by atoms with Crippen LogP contribution in [0.15, 0.2) is 24.7 Å². The van der Waals surface area contributed by atoms with Gasteiger partial charge in [0.25, 0.3) is 0 Å². The van der Waals surface area contributed by atoms with Crippen molar-refractivity contribution in [1.29, 1.82) is 0 Å². The topological polar surface area (TPSA) is 38.7 Å². The van der Waals surface area contributed by atoms with E-state index in [1.807, 2.05) is 19.2 Å². The molecule has 11 heavy (non-hydrogen) atoms. The summed E-state index contributed by atoms with van der Waals surface area (Å²) in [5, 5.41) is 8.54. The third kappa shape index (κ3) is 1.05. The predicted octanol–water partition coefficient (Wildman–Crippen LogP) is 1.33. The molecule has 2 rings (SSSR count). The molecule has 2 aromatic rings. The second-order valence-corrected chi connectivity index (χ2v) is 2.48. The molecule has 0 saturated heterocycles. The fourth-order valence-electron chi connectivity index (χ4n) is 0.997. The highest BCUT2D eigenvalue weighted by Crippen LogP contribution is 2.08. The number of hydrogen-bond donors (Lipinski definition) is 0. The highest BCUT2D eigenvalue weighted by molar-refractivity contribution is 5.76. The monoisotopic (exact) mass is 145 g/mol. The number of rotatable bonds is 0. The first-order valence-corrected chi connectivity index (χ1v) is 3.39. The van der Waals surface area contributed by atoms with Crippen molar-refractivity contribution in [3.63, 3.8) is 0 Å². The van der Waals surface area contributed by atoms with E-state index in [2.05, 4.69) is 15.2 Å². The Bertz CT molecular complexity index is 384. The van der Waals surface area contributed by atoms with E-state index in [1.165, 1.54) is 0 Å². The molecule has 0 fully saturated rings. The lowest BCUT2D eigenvalue weighted by Crippen LogP contribution is -1.84. The van der Waals surface area contributed by atoms with Gasteiger partial charge < -0.3 is 0 Å². The lowest BCUT2D eigenvalue weighted by atomic mass is 10.2. The van der Waals surface area contributed by atoms with Crippen LogP contribution < -0.4 is 0 Å². The van der Waals surface area contributed by atoms with Crippen LogP contribution in [0.25, 0.3) is 10.9 Å². The van der Waals surface area contributed by atoms with Crippen molar-refractivity contribution in [2.24, 2.45) is 0 Å². The smallest absolute Gasteiger partial charge is 0.0919 e. The van der Waals surface area contributed by atoms with Crippen molar-refractivity contribution in [1.82, 2.24) is 15.2 Å². The lowest BCUT2D eigenvalue weighted by molar-refractivity contribution is 1.04. The van der Waals surface area contributed by atoms with Crippen LogP contribution in [0.2, 0.25) is 0 Å². The number of fused-ring (bicyclic) bond motifs is 1. The standard InChI is InChI=1S/C8H7N3/c1-6-2-7-4-10-11-5-8(7)9-3-6/h2-5H,1H3. The second kappa shape index (κ2) is 2.27. The summed E-state index contributed by atoms with van der Waals surface area (Å²) in [5.41, 5.74) is 2.04. The molecular weight excluding hydrogens is 138 g/mol. The molecule has 0 radical (unpaired) electrons. The molecule has 0 amide bonds. The Morgan fingerprint density at radius 1 is 1.09 bits per heavy atom. The van der Waals surface area contributed by atoms with Crippen molar-refractivity contribution in [3.8, 4) is 0 Å². The molecule has 0 unspecified atom stereocenters. The Kier molecular flexibility index (Phi) is 1.28. The molecule has 2 heterocycles. The van der Waals surface area contributed by atoms with Gasteiger partial charge in [-0.1, -0.05) is 0 Å². The minimum atomic E-state index is 0.894. The van der Waals surface area contributed by atoms with E-state index in [-0.39, 0.29) is 0 Å². The zero-order valence-corrected chi connectivity index (χ0v) is 6.15. The van der Waals surface area contributed by atoms with Gasteiger partial charge in [0.1, 0.15) is 0 Å². The van der Waals surface area contributed by atoms with Gasteiger partial charge in [-0.2, -0.15) is 10.2 Å². The molecule has 0 N–H and O–H groups in total. The maximum atomic E-state index is 4.18. The van der Waals surface area contributed by atoms with Crippen molar-refractivity contribution in [2.45, 2.75) is 6.92 Å². The van der Waals surface area contributed by atoms with Crippen molar-refractivity contribution in [3.05, 3.63) is 30.2 Å². The normalized spacial score (nSPS) is 10.3. The summed E-state index contributed by atoms with van der Waals surface area (Å²) < 4.78 is 0. The van der Waals surface area contributed by atoms with Crippen LogP contribution in [-0.2, 0) is 0 Å². The fraction of sp³-hybridized carbons (Fsp3) is 0.125. The molecule has 0 atom stereocenters. The third-order valence-corrected chi connectivity index (χ3v) is 1.53. The summed E-state index contributed by atoms with van der Waals surface area (Å²) in [6.45, 7) is 2.01. The van der Waals surface area contributed by atoms with Crippen LogP contribution in [0.4, 0.5) is 0 Å². The first-order valence-electron chi connectivity index (χ1n) is 3.39. The summed E-state index contributed by atoms with van der Waals surface area (Å²) in [5.74, 6) is 0. The summed E-state index contributed by atoms with van der Waals surface area (Å²) in [4.78, 5) is 4.18. The van der Waals surface area contributed by atoms with E-state index in [0.29, 0.717) is 0 Å². The Morgan fingerprint density at radius 2 is 1.91 bits per heavy atom. The molecule has 0 aliphatic rings. The van der Waals surface area contributed by atoms with Gasteiger partial charge in [-0.3, -0.25) is 4.98 Å². The van der Waals surface area contributed by atoms with Gasteiger partial charge in [0.15, 0.2) is 0 Å². The largest absolute Gasteiger partial charge is 0.254 e. The van der Waals surface area contributed by atoms with Crippen LogP contribution >= 0.6 is 0 Å². The maximum absolute atomic E-state index is 4.18. The lowest BCUT2D eigenvalue weighted by Gasteiger charge is -1.94. The summed E-state index contributed by atoms with van der Waals surface area (Å²) >= 11 is 0. The van der Waals surface area contributed by atoms with Crippen LogP contribution in [0.5, 0.6) is 0 Å². The van der Waals surface area contributed by atoms with Crippen molar-refractivity contribution in [2.75, 3.05) is 0 Å². The zero-order chi connectivity index (χ0) is 7.68. The van der Waals surface area contributed by atoms with Crippen LogP contribution in [0.3, 0.4) is 0 Å². The Balaban J connectivity index is 2.83. The molecule has 54 valence electrons. The average molecular weight is 145 g/mol. The number of aromatic nitrogens is 3. The van der Waals surface area contributed by atoms with Gasteiger partial charge in [-0.05, 0) is 18.6 Å². The van der Waals surface area contributed by atoms with Crippen LogP contribution in [0.1, 0.15) is 5.56 Å². The number of hydrogen-bond acceptors (Lipinski definition) is 3. The van der Waals surface area contributed by atoms with Crippen molar-refractivity contribution >= 4 is 10.9 Å².